The molecule has 0 amide bonds. The molecule has 0 aromatic heterocycles. The van der Waals surface area contributed by atoms with Crippen LogP contribution in [-0.4, -0.2) is 51.4 Å². The van der Waals surface area contributed by atoms with Crippen molar-refractivity contribution in [3.05, 3.63) is 155 Å². The maximum atomic E-state index is 12.6. The van der Waals surface area contributed by atoms with Crippen molar-refractivity contribution in [1.82, 2.24) is 0 Å². The molecule has 9 nitrogen and oxygen atoms in total. The summed E-state index contributed by atoms with van der Waals surface area (Å²) in [6.45, 7) is 43.3. The predicted octanol–water partition coefficient (Wildman–Crippen LogP) is 24.2. The molecule has 0 heterocycles. The van der Waals surface area contributed by atoms with Crippen molar-refractivity contribution in [3.63, 3.8) is 0 Å². The lowest BCUT2D eigenvalue weighted by Gasteiger charge is -2.60. The molecule has 97 heavy (non-hydrogen) atoms. The monoisotopic (exact) mass is 1340 g/mol. The van der Waals surface area contributed by atoms with Gasteiger partial charge in [0.25, 0.3) is 0 Å². The molecular weight excluding hydrogens is 1200 g/mol. The van der Waals surface area contributed by atoms with Crippen molar-refractivity contribution in [2.45, 2.75) is 301 Å². The van der Waals surface area contributed by atoms with E-state index in [1.165, 1.54) is 80.0 Å². The van der Waals surface area contributed by atoms with Gasteiger partial charge in [0.15, 0.2) is 6.29 Å². The Balaban J connectivity index is 0.000000207. The zero-order valence-electron chi connectivity index (χ0n) is 64.3. The Labute approximate surface area is 590 Å². The van der Waals surface area contributed by atoms with Crippen LogP contribution in [-0.2, 0) is 30.2 Å². The molecule has 6 fully saturated rings. The van der Waals surface area contributed by atoms with E-state index in [1.807, 2.05) is 90.1 Å². The van der Waals surface area contributed by atoms with Crippen LogP contribution >= 0.6 is 0 Å². The number of esters is 2. The van der Waals surface area contributed by atoms with Crippen molar-refractivity contribution in [1.29, 1.82) is 0 Å². The molecule has 3 N–H and O–H groups in total. The van der Waals surface area contributed by atoms with E-state index < -0.39 is 0 Å². The van der Waals surface area contributed by atoms with E-state index in [9.17, 15) is 9.59 Å². The highest BCUT2D eigenvalue weighted by molar-refractivity contribution is 5.77. The smallest absolute Gasteiger partial charge is 0.312 e. The van der Waals surface area contributed by atoms with E-state index in [-0.39, 0.29) is 40.3 Å². The van der Waals surface area contributed by atoms with Crippen LogP contribution in [0, 0.1) is 52.3 Å². The number of carbonyl (C=O) groups is 2. The standard InChI is InChI=1S/C18H30O2.C15H26O2.C14H22O2.C11H14.3C10H14O/c1-5-17(3,4)16(19)20-18(6-2)14-8-12-7-13(10-14)11-15(18)9-12;1-5-14(3,4)13(16)17-15(6-2)10-11-7-8-12(15)9-11;1-5-11(3)13-7-9-14(10-8-13)16-12(4)15-6-2;1-8-7-10-5-3-4-6-11(10)9(8)2;3*1-3-8(2)9-4-6-10(11)7-5-9/h12-15H,5-11H2,1-4H3;11-12H,5-10H2,1-4H3;7-12H,5-6H2,1-4H3;3-6,8-9H,7H2,1-2H3;3*4-8,11H,3H2,1-2H3. The maximum absolute atomic E-state index is 12.6. The van der Waals surface area contributed by atoms with Crippen molar-refractivity contribution in [2.24, 2.45) is 52.3 Å². The van der Waals surface area contributed by atoms with Gasteiger partial charge in [-0.3, -0.25) is 9.59 Å². The summed E-state index contributed by atoms with van der Waals surface area (Å²) in [7, 11) is 0. The summed E-state index contributed by atoms with van der Waals surface area (Å²) in [4.78, 5) is 24.9. The van der Waals surface area contributed by atoms with Gasteiger partial charge in [0.05, 0.1) is 10.8 Å². The van der Waals surface area contributed by atoms with Gasteiger partial charge in [0, 0.05) is 6.61 Å². The van der Waals surface area contributed by atoms with E-state index >= 15 is 0 Å². The maximum Gasteiger partial charge on any atom is 0.312 e. The number of carbonyl (C=O) groups excluding carboxylic acids is 2. The van der Waals surface area contributed by atoms with Crippen LogP contribution in [0.5, 0.6) is 23.0 Å². The lowest BCUT2D eigenvalue weighted by Crippen LogP contribution is -2.60. The number of hydrogen-bond donors (Lipinski definition) is 3. The minimum absolute atomic E-state index is 0.00870. The second-order valence-electron chi connectivity index (χ2n) is 31.3. The van der Waals surface area contributed by atoms with Crippen molar-refractivity contribution in [3.8, 4) is 23.0 Å². The summed E-state index contributed by atoms with van der Waals surface area (Å²) >= 11 is 0. The van der Waals surface area contributed by atoms with Crippen LogP contribution in [0.3, 0.4) is 0 Å². The van der Waals surface area contributed by atoms with Gasteiger partial charge in [-0.15, -0.1) is 0 Å². The summed E-state index contributed by atoms with van der Waals surface area (Å²) in [5.41, 5.74) is 7.47. The highest BCUT2D eigenvalue weighted by Crippen LogP contribution is 2.61. The van der Waals surface area contributed by atoms with Crippen molar-refractivity contribution in [2.75, 3.05) is 6.61 Å². The largest absolute Gasteiger partial charge is 0.508 e. The molecule has 5 aromatic carbocycles. The van der Waals surface area contributed by atoms with Gasteiger partial charge in [-0.25, -0.2) is 0 Å². The molecule has 0 radical (unpaired) electrons. The predicted molar refractivity (Wildman–Crippen MR) is 404 cm³/mol. The summed E-state index contributed by atoms with van der Waals surface area (Å²) in [5.74, 6) is 10.5. The first-order valence-electron chi connectivity index (χ1n) is 38.3. The second-order valence-corrected chi connectivity index (χ2v) is 31.3. The topological polar surface area (TPSA) is 132 Å². The zero-order valence-corrected chi connectivity index (χ0v) is 64.3. The number of phenols is 3. The number of benzene rings is 5. The molecule has 6 saturated carbocycles. The summed E-state index contributed by atoms with van der Waals surface area (Å²) in [6.07, 6.45) is 21.1. The van der Waals surface area contributed by atoms with Crippen LogP contribution in [0.2, 0.25) is 0 Å². The molecule has 7 aliphatic rings. The van der Waals surface area contributed by atoms with E-state index in [1.54, 1.807) is 47.5 Å². The molecule has 12 rings (SSSR count). The van der Waals surface area contributed by atoms with Gasteiger partial charge in [0.1, 0.15) is 34.2 Å². The van der Waals surface area contributed by atoms with Gasteiger partial charge >= 0.3 is 11.9 Å². The highest BCUT2D eigenvalue weighted by Gasteiger charge is 2.59. The Morgan fingerprint density at radius 3 is 1.22 bits per heavy atom. The van der Waals surface area contributed by atoms with Crippen LogP contribution in [0.1, 0.15) is 311 Å². The Bertz CT molecular complexity index is 2900. The molecule has 0 aliphatic heterocycles. The Hall–Kier alpha value is -5.80. The Kier molecular flexibility index (Phi) is 32.7. The molecule has 6 bridgehead atoms. The average Bonchev–Trinajstić information content (AvgIpc) is 1.51. The number of rotatable bonds is 20. The van der Waals surface area contributed by atoms with Crippen molar-refractivity contribution < 1.29 is 43.9 Å². The molecule has 0 spiro atoms. The molecular formula is C88H134O9. The molecule has 10 unspecified atom stereocenters. The van der Waals surface area contributed by atoms with Gasteiger partial charge in [-0.2, -0.15) is 0 Å². The number of aromatic hydroxyl groups is 3. The number of fused-ring (bicyclic) bond motifs is 3. The fourth-order valence-electron chi connectivity index (χ4n) is 15.4. The van der Waals surface area contributed by atoms with Crippen LogP contribution in [0.25, 0.3) is 0 Å². The fraction of sp³-hybridized carbons (Fsp3) is 0.636. The quantitative estimate of drug-likeness (QED) is 0.0515. The van der Waals surface area contributed by atoms with E-state index in [4.69, 9.17) is 34.3 Å². The van der Waals surface area contributed by atoms with Crippen LogP contribution in [0.15, 0.2) is 121 Å². The molecule has 5 aromatic rings. The first-order chi connectivity index (χ1) is 46.0. The third kappa shape index (κ3) is 23.1. The Morgan fingerprint density at radius 1 is 0.485 bits per heavy atom. The minimum Gasteiger partial charge on any atom is -0.508 e. The van der Waals surface area contributed by atoms with E-state index in [0.29, 0.717) is 65.3 Å². The number of ether oxygens (including phenoxy) is 4. The first-order valence-corrected chi connectivity index (χ1v) is 38.3. The van der Waals surface area contributed by atoms with Gasteiger partial charge in [0.2, 0.25) is 0 Å². The highest BCUT2D eigenvalue weighted by atomic mass is 16.7. The van der Waals surface area contributed by atoms with Crippen molar-refractivity contribution >= 4 is 11.9 Å². The molecule has 540 valence electrons. The van der Waals surface area contributed by atoms with Crippen LogP contribution < -0.4 is 4.74 Å². The molecule has 0 saturated heterocycles. The zero-order chi connectivity index (χ0) is 71.8. The summed E-state index contributed by atoms with van der Waals surface area (Å²) < 4.78 is 23.2. The molecule has 7 aliphatic carbocycles. The van der Waals surface area contributed by atoms with Gasteiger partial charge < -0.3 is 34.3 Å². The third-order valence-electron chi connectivity index (χ3n) is 24.0. The van der Waals surface area contributed by atoms with E-state index in [0.717, 1.165) is 93.1 Å². The first kappa shape index (κ1) is 81.9. The molecule has 9 heteroatoms. The normalized spacial score (nSPS) is 25.2. The lowest BCUT2D eigenvalue weighted by atomic mass is 9.49. The summed E-state index contributed by atoms with van der Waals surface area (Å²) in [6, 6.07) is 39.4. The van der Waals surface area contributed by atoms with Gasteiger partial charge in [-0.1, -0.05) is 170 Å². The number of hydrogen-bond acceptors (Lipinski definition) is 9. The lowest BCUT2D eigenvalue weighted by molar-refractivity contribution is -0.218. The second kappa shape index (κ2) is 38.7. The van der Waals surface area contributed by atoms with E-state index in [2.05, 4.69) is 133 Å². The van der Waals surface area contributed by atoms with Crippen LogP contribution in [0.4, 0.5) is 0 Å². The third-order valence-corrected chi connectivity index (χ3v) is 24.0. The average molecular weight is 1340 g/mol. The Morgan fingerprint density at radius 2 is 0.876 bits per heavy atom. The SMILES string of the molecule is CC1Cc2ccccc2C1C.CCC(C)(C)C(=O)OC1(CC)C2CC3CC(C2)CC1C3.CCC(C)(C)C(=O)OC1(CC)CC2CCC1C2.CCC(C)c1ccc(O)cc1.CCC(C)c1ccc(O)cc1.CCC(C)c1ccc(O)cc1.CCOC(C)Oc1ccc(C(C)CC)cc1. The number of phenolic OH excluding ortho intramolecular Hbond substituents is 3. The summed E-state index contributed by atoms with van der Waals surface area (Å²) in [5, 5.41) is 27.0. The fourth-order valence-corrected chi connectivity index (χ4v) is 15.4. The van der Waals surface area contributed by atoms with Gasteiger partial charge in [-0.05, 0) is 310 Å². The minimum atomic E-state index is -0.336. The molecule has 10 atom stereocenters.